The molecule has 2 amide bonds. The number of methoxy groups -OCH3 is 1. The highest BCUT2D eigenvalue weighted by atomic mass is 32.2. The molecule has 2 heterocycles. The van der Waals surface area contributed by atoms with E-state index in [1.165, 1.54) is 11.8 Å². The second-order valence-electron chi connectivity index (χ2n) is 8.79. The summed E-state index contributed by atoms with van der Waals surface area (Å²) in [6, 6.07) is 22.3. The first-order valence-electron chi connectivity index (χ1n) is 11.9. The quantitative estimate of drug-likeness (QED) is 0.436. The van der Waals surface area contributed by atoms with Crippen LogP contribution in [-0.4, -0.2) is 70.4 Å². The Hall–Kier alpha value is -3.21. The number of fused-ring (bicyclic) bond motifs is 1. The SMILES string of the molecule is COc1ccc(CO[C@H]2[C@@H](O)[C@@H](CO)O[C@@H](Sc3ccccc3)[C@@H]2N2C(=O)c3ccccc3C2=O)cc1. The number of ether oxygens (including phenoxy) is 3. The Bertz CT molecular complexity index is 1220. The molecule has 9 heteroatoms. The van der Waals surface area contributed by atoms with Crippen LogP contribution in [0.25, 0.3) is 0 Å². The first-order valence-corrected chi connectivity index (χ1v) is 12.8. The molecule has 8 nitrogen and oxygen atoms in total. The van der Waals surface area contributed by atoms with E-state index < -0.39 is 48.2 Å². The van der Waals surface area contributed by atoms with Gasteiger partial charge in [0.2, 0.25) is 0 Å². The van der Waals surface area contributed by atoms with Crippen molar-refractivity contribution in [2.75, 3.05) is 13.7 Å². The number of benzene rings is 3. The minimum Gasteiger partial charge on any atom is -0.497 e. The molecule has 0 bridgehead atoms. The summed E-state index contributed by atoms with van der Waals surface area (Å²) in [5.74, 6) is -0.250. The summed E-state index contributed by atoms with van der Waals surface area (Å²) in [6.45, 7) is -0.351. The zero-order chi connectivity index (χ0) is 25.9. The number of carbonyl (C=O) groups excluding carboxylic acids is 2. The molecule has 1 saturated heterocycles. The van der Waals surface area contributed by atoms with Crippen molar-refractivity contribution >= 4 is 23.6 Å². The summed E-state index contributed by atoms with van der Waals surface area (Å²) in [7, 11) is 1.58. The first-order chi connectivity index (χ1) is 18.0. The highest BCUT2D eigenvalue weighted by Crippen LogP contribution is 2.40. The van der Waals surface area contributed by atoms with Gasteiger partial charge in [0.1, 0.15) is 35.5 Å². The largest absolute Gasteiger partial charge is 0.497 e. The third kappa shape index (κ3) is 5.01. The van der Waals surface area contributed by atoms with E-state index in [1.807, 2.05) is 42.5 Å². The maximum absolute atomic E-state index is 13.5. The second-order valence-corrected chi connectivity index (χ2v) is 9.96. The summed E-state index contributed by atoms with van der Waals surface area (Å²) in [4.78, 5) is 29.0. The van der Waals surface area contributed by atoms with Crippen molar-refractivity contribution in [3.8, 4) is 5.75 Å². The van der Waals surface area contributed by atoms with E-state index in [-0.39, 0.29) is 6.61 Å². The number of carbonyl (C=O) groups is 2. The van der Waals surface area contributed by atoms with Gasteiger partial charge in [-0.3, -0.25) is 14.5 Å². The molecule has 0 unspecified atom stereocenters. The molecule has 3 aromatic carbocycles. The van der Waals surface area contributed by atoms with Crippen LogP contribution in [0.1, 0.15) is 26.3 Å². The zero-order valence-corrected chi connectivity index (χ0v) is 20.9. The lowest BCUT2D eigenvalue weighted by Crippen LogP contribution is -2.65. The van der Waals surface area contributed by atoms with Gasteiger partial charge in [-0.05, 0) is 42.0 Å². The van der Waals surface area contributed by atoms with Gasteiger partial charge < -0.3 is 24.4 Å². The topological polar surface area (TPSA) is 106 Å². The number of rotatable bonds is 8. The number of imide groups is 1. The van der Waals surface area contributed by atoms with Gasteiger partial charge in [0, 0.05) is 4.90 Å². The van der Waals surface area contributed by atoms with Crippen LogP contribution in [0.4, 0.5) is 0 Å². The maximum Gasteiger partial charge on any atom is 0.262 e. The molecule has 2 aliphatic heterocycles. The fourth-order valence-electron chi connectivity index (χ4n) is 4.64. The van der Waals surface area contributed by atoms with Gasteiger partial charge in [-0.15, -0.1) is 0 Å². The van der Waals surface area contributed by atoms with Gasteiger partial charge in [0.05, 0.1) is 31.5 Å². The van der Waals surface area contributed by atoms with Crippen molar-refractivity contribution in [2.45, 2.75) is 41.3 Å². The van der Waals surface area contributed by atoms with Gasteiger partial charge in [0.25, 0.3) is 11.8 Å². The average molecular weight is 522 g/mol. The van der Waals surface area contributed by atoms with E-state index in [0.717, 1.165) is 15.4 Å². The lowest BCUT2D eigenvalue weighted by molar-refractivity contribution is -0.200. The van der Waals surface area contributed by atoms with E-state index in [0.29, 0.717) is 16.9 Å². The van der Waals surface area contributed by atoms with Crippen LogP contribution in [0.15, 0.2) is 83.8 Å². The molecule has 3 aromatic rings. The Labute approximate surface area is 218 Å². The molecule has 0 aromatic heterocycles. The zero-order valence-electron chi connectivity index (χ0n) is 20.1. The normalized spacial score (nSPS) is 25.3. The molecular weight excluding hydrogens is 494 g/mol. The number of thioether (sulfide) groups is 1. The van der Waals surface area contributed by atoms with Crippen molar-refractivity contribution in [2.24, 2.45) is 0 Å². The van der Waals surface area contributed by atoms with Gasteiger partial charge in [-0.1, -0.05) is 54.2 Å². The molecule has 0 spiro atoms. The van der Waals surface area contributed by atoms with E-state index in [2.05, 4.69) is 0 Å². The van der Waals surface area contributed by atoms with Gasteiger partial charge in [-0.25, -0.2) is 0 Å². The first kappa shape index (κ1) is 25.4. The highest BCUT2D eigenvalue weighted by molar-refractivity contribution is 7.99. The number of hydrogen-bond donors (Lipinski definition) is 2. The Morgan fingerprint density at radius 1 is 0.919 bits per heavy atom. The van der Waals surface area contributed by atoms with Crippen molar-refractivity contribution in [3.63, 3.8) is 0 Å². The standard InChI is InChI=1S/C28H27NO7S/c1-34-18-13-11-17(12-14-18)16-35-25-23(29-26(32)20-9-5-6-10-21(20)27(29)33)28(36-22(15-30)24(25)31)37-19-7-3-2-4-8-19/h2-14,22-25,28,30-31H,15-16H2,1H3/t22-,23-,24+,25-,28+/m1/s1. The van der Waals surface area contributed by atoms with Crippen molar-refractivity contribution < 1.29 is 34.0 Å². The summed E-state index contributed by atoms with van der Waals surface area (Å²) in [6.07, 6.45) is -3.27. The molecular formula is C28H27NO7S. The van der Waals surface area contributed by atoms with Crippen LogP contribution in [0, 0.1) is 0 Å². The number of amides is 2. The van der Waals surface area contributed by atoms with E-state index in [4.69, 9.17) is 14.2 Å². The molecule has 0 aliphatic carbocycles. The molecule has 5 rings (SSSR count). The minimum absolute atomic E-state index is 0.103. The molecule has 1 fully saturated rings. The molecule has 192 valence electrons. The van der Waals surface area contributed by atoms with Gasteiger partial charge in [0.15, 0.2) is 0 Å². The van der Waals surface area contributed by atoms with E-state index in [1.54, 1.807) is 43.5 Å². The number of aliphatic hydroxyl groups excluding tert-OH is 2. The summed E-state index contributed by atoms with van der Waals surface area (Å²) in [5.41, 5.74) is 0.603. The molecule has 2 aliphatic rings. The monoisotopic (exact) mass is 521 g/mol. The Morgan fingerprint density at radius 2 is 1.54 bits per heavy atom. The predicted octanol–water partition coefficient (Wildman–Crippen LogP) is 3.12. The van der Waals surface area contributed by atoms with E-state index in [9.17, 15) is 19.8 Å². The van der Waals surface area contributed by atoms with Crippen LogP contribution in [-0.2, 0) is 16.1 Å². The van der Waals surface area contributed by atoms with Crippen LogP contribution >= 0.6 is 11.8 Å². The van der Waals surface area contributed by atoms with Gasteiger partial charge >= 0.3 is 0 Å². The fourth-order valence-corrected chi connectivity index (χ4v) is 5.84. The maximum atomic E-state index is 13.5. The number of aliphatic hydroxyl groups is 2. The van der Waals surface area contributed by atoms with Crippen LogP contribution in [0.3, 0.4) is 0 Å². The summed E-state index contributed by atoms with van der Waals surface area (Å²) in [5, 5.41) is 21.2. The molecule has 37 heavy (non-hydrogen) atoms. The predicted molar refractivity (Wildman–Crippen MR) is 136 cm³/mol. The van der Waals surface area contributed by atoms with Crippen molar-refractivity contribution in [3.05, 3.63) is 95.6 Å². The van der Waals surface area contributed by atoms with Crippen molar-refractivity contribution in [1.29, 1.82) is 0 Å². The second kappa shape index (κ2) is 11.0. The minimum atomic E-state index is -1.29. The molecule has 0 saturated carbocycles. The fraction of sp³-hybridized carbons (Fsp3) is 0.286. The van der Waals surface area contributed by atoms with Gasteiger partial charge in [-0.2, -0.15) is 0 Å². The third-order valence-corrected chi connectivity index (χ3v) is 7.71. The molecule has 0 radical (unpaired) electrons. The van der Waals surface area contributed by atoms with Crippen LogP contribution < -0.4 is 4.74 Å². The number of hydrogen-bond acceptors (Lipinski definition) is 8. The highest BCUT2D eigenvalue weighted by Gasteiger charge is 2.54. The lowest BCUT2D eigenvalue weighted by atomic mass is 9.96. The smallest absolute Gasteiger partial charge is 0.262 e. The number of nitrogens with zero attached hydrogens (tertiary/aromatic N) is 1. The molecule has 2 N–H and O–H groups in total. The lowest BCUT2D eigenvalue weighted by Gasteiger charge is -2.46. The third-order valence-electron chi connectivity index (χ3n) is 6.54. The van der Waals surface area contributed by atoms with Crippen LogP contribution in [0.5, 0.6) is 5.75 Å². The van der Waals surface area contributed by atoms with Crippen molar-refractivity contribution in [1.82, 2.24) is 4.90 Å². The van der Waals surface area contributed by atoms with E-state index >= 15 is 0 Å². The Balaban J connectivity index is 1.51. The summed E-state index contributed by atoms with van der Waals surface area (Å²) < 4.78 is 17.5. The Kier molecular flexibility index (Phi) is 7.59. The summed E-state index contributed by atoms with van der Waals surface area (Å²) >= 11 is 1.31. The average Bonchev–Trinajstić information content (AvgIpc) is 3.19. The van der Waals surface area contributed by atoms with Crippen LogP contribution in [0.2, 0.25) is 0 Å². The molecule has 5 atom stereocenters. The Morgan fingerprint density at radius 3 is 2.14 bits per heavy atom.